The number of ether oxygens (including phenoxy) is 1. The quantitative estimate of drug-likeness (QED) is 0.629. The highest BCUT2D eigenvalue weighted by Gasteiger charge is 2.14. The van der Waals surface area contributed by atoms with Crippen LogP contribution >= 0.6 is 11.5 Å². The minimum Gasteiger partial charge on any atom is -0.496 e. The van der Waals surface area contributed by atoms with E-state index in [0.717, 1.165) is 0 Å². The predicted molar refractivity (Wildman–Crippen MR) is 66.2 cm³/mol. The van der Waals surface area contributed by atoms with Gasteiger partial charge in [0.15, 0.2) is 5.78 Å². The lowest BCUT2D eigenvalue weighted by atomic mass is 10.1. The van der Waals surface area contributed by atoms with Gasteiger partial charge in [-0.25, -0.2) is 4.39 Å². The molecule has 18 heavy (non-hydrogen) atoms. The van der Waals surface area contributed by atoms with Crippen molar-refractivity contribution in [2.24, 2.45) is 0 Å². The lowest BCUT2D eigenvalue weighted by Gasteiger charge is -2.05. The van der Waals surface area contributed by atoms with Gasteiger partial charge in [-0.15, -0.1) is 5.10 Å². The van der Waals surface area contributed by atoms with Crippen molar-refractivity contribution in [3.63, 3.8) is 0 Å². The second-order valence-corrected chi connectivity index (χ2v) is 3.95. The van der Waals surface area contributed by atoms with Crippen LogP contribution in [0.5, 0.6) is 5.75 Å². The van der Waals surface area contributed by atoms with Crippen molar-refractivity contribution in [3.05, 3.63) is 46.7 Å². The van der Waals surface area contributed by atoms with Crippen molar-refractivity contribution in [3.8, 4) is 5.75 Å². The maximum atomic E-state index is 13.6. The smallest absolute Gasteiger partial charge is 0.192 e. The van der Waals surface area contributed by atoms with Crippen LogP contribution in [-0.2, 0) is 0 Å². The molecule has 0 N–H and O–H groups in total. The number of methoxy groups -OCH3 is 1. The largest absolute Gasteiger partial charge is 0.496 e. The molecule has 0 aliphatic rings. The SMILES string of the molecule is COc1cccc(F)c1C(=O)C=Cc1csnn1. The van der Waals surface area contributed by atoms with Gasteiger partial charge < -0.3 is 4.74 Å². The monoisotopic (exact) mass is 264 g/mol. The summed E-state index contributed by atoms with van der Waals surface area (Å²) in [6, 6.07) is 4.24. The van der Waals surface area contributed by atoms with Crippen LogP contribution in [0.15, 0.2) is 29.7 Å². The van der Waals surface area contributed by atoms with Gasteiger partial charge in [-0.2, -0.15) is 0 Å². The van der Waals surface area contributed by atoms with Gasteiger partial charge in [-0.05, 0) is 35.8 Å². The molecule has 0 radical (unpaired) electrons. The Kier molecular flexibility index (Phi) is 3.78. The van der Waals surface area contributed by atoms with Crippen molar-refractivity contribution in [2.45, 2.75) is 0 Å². The first-order valence-corrected chi connectivity index (χ1v) is 5.88. The number of rotatable bonds is 4. The number of nitrogens with zero attached hydrogens (tertiary/aromatic N) is 2. The van der Waals surface area contributed by atoms with Gasteiger partial charge in [0, 0.05) is 5.38 Å². The summed E-state index contributed by atoms with van der Waals surface area (Å²) < 4.78 is 22.2. The number of ketones is 1. The zero-order chi connectivity index (χ0) is 13.0. The number of hydrogen-bond donors (Lipinski definition) is 0. The molecule has 1 heterocycles. The second-order valence-electron chi connectivity index (χ2n) is 3.34. The Bertz CT molecular complexity index is 582. The van der Waals surface area contributed by atoms with E-state index in [9.17, 15) is 9.18 Å². The maximum Gasteiger partial charge on any atom is 0.192 e. The molecule has 2 aromatic rings. The molecule has 0 fully saturated rings. The highest BCUT2D eigenvalue weighted by atomic mass is 32.1. The van der Waals surface area contributed by atoms with Crippen molar-refractivity contribution in [2.75, 3.05) is 7.11 Å². The van der Waals surface area contributed by atoms with Crippen molar-refractivity contribution in [1.29, 1.82) is 0 Å². The van der Waals surface area contributed by atoms with Crippen LogP contribution in [0, 0.1) is 5.82 Å². The van der Waals surface area contributed by atoms with Crippen LogP contribution in [0.4, 0.5) is 4.39 Å². The Labute approximate surface area is 107 Å². The van der Waals surface area contributed by atoms with Gasteiger partial charge in [0.05, 0.1) is 18.4 Å². The summed E-state index contributed by atoms with van der Waals surface area (Å²) in [5.41, 5.74) is 0.475. The lowest BCUT2D eigenvalue weighted by molar-refractivity contribution is 0.104. The van der Waals surface area contributed by atoms with E-state index in [4.69, 9.17) is 4.74 Å². The molecular weight excluding hydrogens is 255 g/mol. The summed E-state index contributed by atoms with van der Waals surface area (Å²) in [6.07, 6.45) is 2.73. The summed E-state index contributed by atoms with van der Waals surface area (Å²) in [5, 5.41) is 5.43. The lowest BCUT2D eigenvalue weighted by Crippen LogP contribution is -2.02. The second kappa shape index (κ2) is 5.50. The third kappa shape index (κ3) is 2.60. The van der Waals surface area contributed by atoms with Crippen LogP contribution in [0.2, 0.25) is 0 Å². The molecule has 2 rings (SSSR count). The van der Waals surface area contributed by atoms with E-state index in [-0.39, 0.29) is 11.3 Å². The zero-order valence-corrected chi connectivity index (χ0v) is 10.3. The topological polar surface area (TPSA) is 52.1 Å². The summed E-state index contributed by atoms with van der Waals surface area (Å²) in [4.78, 5) is 11.9. The average Bonchev–Trinajstić information content (AvgIpc) is 2.88. The van der Waals surface area contributed by atoms with Gasteiger partial charge in [-0.1, -0.05) is 10.6 Å². The van der Waals surface area contributed by atoms with E-state index in [1.807, 2.05) is 0 Å². The Hall–Kier alpha value is -2.08. The first-order chi connectivity index (χ1) is 8.72. The van der Waals surface area contributed by atoms with Gasteiger partial charge >= 0.3 is 0 Å². The van der Waals surface area contributed by atoms with Crippen molar-refractivity contribution < 1.29 is 13.9 Å². The van der Waals surface area contributed by atoms with E-state index in [2.05, 4.69) is 9.59 Å². The van der Waals surface area contributed by atoms with Crippen LogP contribution < -0.4 is 4.74 Å². The van der Waals surface area contributed by atoms with Gasteiger partial charge in [-0.3, -0.25) is 4.79 Å². The third-order valence-corrected chi connectivity index (χ3v) is 2.75. The third-order valence-electron chi connectivity index (χ3n) is 2.22. The van der Waals surface area contributed by atoms with E-state index in [0.29, 0.717) is 5.69 Å². The van der Waals surface area contributed by atoms with E-state index in [1.165, 1.54) is 49.0 Å². The van der Waals surface area contributed by atoms with E-state index in [1.54, 1.807) is 5.38 Å². The maximum absolute atomic E-state index is 13.6. The Morgan fingerprint density at radius 2 is 2.33 bits per heavy atom. The molecule has 1 aromatic carbocycles. The number of allylic oxidation sites excluding steroid dienone is 1. The first-order valence-electron chi connectivity index (χ1n) is 5.04. The molecule has 0 spiro atoms. The number of aromatic nitrogens is 2. The molecular formula is C12H9FN2O2S. The first kappa shape index (κ1) is 12.4. The van der Waals surface area contributed by atoms with Crippen molar-refractivity contribution in [1.82, 2.24) is 9.59 Å². The fourth-order valence-corrected chi connectivity index (χ4v) is 1.82. The summed E-state index contributed by atoms with van der Waals surface area (Å²) in [5.74, 6) is -0.876. The standard InChI is InChI=1S/C12H9FN2O2S/c1-17-11-4-2-3-9(13)12(11)10(16)6-5-8-7-18-15-14-8/h2-7H,1H3. The molecule has 0 saturated carbocycles. The van der Waals surface area contributed by atoms with E-state index >= 15 is 0 Å². The fraction of sp³-hybridized carbons (Fsp3) is 0.0833. The molecule has 0 bridgehead atoms. The minimum absolute atomic E-state index is 0.0839. The number of carbonyl (C=O) groups excluding carboxylic acids is 1. The molecule has 4 nitrogen and oxygen atoms in total. The van der Waals surface area contributed by atoms with Gasteiger partial charge in [0.2, 0.25) is 0 Å². The number of hydrogen-bond acceptors (Lipinski definition) is 5. The van der Waals surface area contributed by atoms with Gasteiger partial charge in [0.1, 0.15) is 11.6 Å². The molecule has 0 aliphatic carbocycles. The minimum atomic E-state index is -0.611. The molecule has 0 unspecified atom stereocenters. The Balaban J connectivity index is 2.29. The number of carbonyl (C=O) groups is 1. The molecule has 0 aliphatic heterocycles. The van der Waals surface area contributed by atoms with Crippen LogP contribution in [0.25, 0.3) is 6.08 Å². The highest BCUT2D eigenvalue weighted by Crippen LogP contribution is 2.22. The van der Waals surface area contributed by atoms with Gasteiger partial charge in [0.25, 0.3) is 0 Å². The molecule has 0 amide bonds. The number of halogens is 1. The summed E-state index contributed by atoms with van der Waals surface area (Å²) >= 11 is 1.18. The molecule has 6 heteroatoms. The molecule has 0 atom stereocenters. The molecule has 0 saturated heterocycles. The predicted octanol–water partition coefficient (Wildman–Crippen LogP) is 2.58. The molecule has 1 aromatic heterocycles. The highest BCUT2D eigenvalue weighted by molar-refractivity contribution is 7.03. The molecule has 92 valence electrons. The summed E-state index contributed by atoms with van der Waals surface area (Å²) in [6.45, 7) is 0. The Morgan fingerprint density at radius 3 is 3.00 bits per heavy atom. The zero-order valence-electron chi connectivity index (χ0n) is 9.46. The summed E-state index contributed by atoms with van der Waals surface area (Å²) in [7, 11) is 1.39. The van der Waals surface area contributed by atoms with E-state index < -0.39 is 11.6 Å². The van der Waals surface area contributed by atoms with Crippen LogP contribution in [-0.4, -0.2) is 22.5 Å². The Morgan fingerprint density at radius 1 is 1.50 bits per heavy atom. The number of benzene rings is 1. The fourth-order valence-electron chi connectivity index (χ4n) is 1.40. The van der Waals surface area contributed by atoms with Crippen LogP contribution in [0.3, 0.4) is 0 Å². The van der Waals surface area contributed by atoms with Crippen molar-refractivity contribution >= 4 is 23.4 Å². The van der Waals surface area contributed by atoms with Crippen LogP contribution in [0.1, 0.15) is 16.1 Å². The normalized spacial score (nSPS) is 10.8. The average molecular weight is 264 g/mol.